The summed E-state index contributed by atoms with van der Waals surface area (Å²) in [6, 6.07) is 4.61. The number of aryl methyl sites for hydroxylation is 1. The van der Waals surface area contributed by atoms with Crippen molar-refractivity contribution in [1.82, 2.24) is 0 Å². The Morgan fingerprint density at radius 3 is 2.91 bits per heavy atom. The molecular formula is C17H18F2O3. The first-order chi connectivity index (χ1) is 10.6. The Morgan fingerprint density at radius 2 is 2.23 bits per heavy atom. The summed E-state index contributed by atoms with van der Waals surface area (Å²) in [7, 11) is 0. The molecule has 0 N–H and O–H groups in total. The van der Waals surface area contributed by atoms with Crippen molar-refractivity contribution in [2.75, 3.05) is 6.61 Å². The zero-order valence-corrected chi connectivity index (χ0v) is 12.4. The Labute approximate surface area is 127 Å². The first-order valence-electron chi connectivity index (χ1n) is 7.19. The summed E-state index contributed by atoms with van der Waals surface area (Å²) in [4.78, 5) is 12.0. The molecule has 5 heteroatoms. The molecule has 1 unspecified atom stereocenters. The van der Waals surface area contributed by atoms with Crippen LogP contribution >= 0.6 is 0 Å². The molecule has 0 saturated carbocycles. The first-order valence-corrected chi connectivity index (χ1v) is 7.19. The van der Waals surface area contributed by atoms with Gasteiger partial charge in [0.15, 0.2) is 11.6 Å². The molecule has 0 aliphatic heterocycles. The smallest absolute Gasteiger partial charge is 0.346 e. The van der Waals surface area contributed by atoms with Gasteiger partial charge in [0, 0.05) is 6.42 Å². The molecule has 2 aromatic rings. The quantitative estimate of drug-likeness (QED) is 0.720. The second kappa shape index (κ2) is 7.20. The highest BCUT2D eigenvalue weighted by atomic mass is 19.1. The third-order valence-corrected chi connectivity index (χ3v) is 3.39. The summed E-state index contributed by atoms with van der Waals surface area (Å²) in [5.74, 6) is -0.424. The highest BCUT2D eigenvalue weighted by molar-refractivity contribution is 5.83. The van der Waals surface area contributed by atoms with E-state index in [4.69, 9.17) is 9.15 Å². The third-order valence-electron chi connectivity index (χ3n) is 3.39. The van der Waals surface area contributed by atoms with Crippen LogP contribution in [0.5, 0.6) is 5.75 Å². The van der Waals surface area contributed by atoms with E-state index in [1.807, 2.05) is 0 Å². The van der Waals surface area contributed by atoms with E-state index in [1.165, 1.54) is 12.1 Å². The van der Waals surface area contributed by atoms with E-state index in [9.17, 15) is 13.6 Å². The van der Waals surface area contributed by atoms with E-state index < -0.39 is 17.6 Å². The van der Waals surface area contributed by atoms with E-state index in [-0.39, 0.29) is 24.2 Å². The number of hydrogen-bond donors (Lipinski definition) is 0. The summed E-state index contributed by atoms with van der Waals surface area (Å²) in [5.41, 5.74) is -0.777. The van der Waals surface area contributed by atoms with Gasteiger partial charge in [-0.1, -0.05) is 25.6 Å². The molecule has 3 nitrogen and oxygen atoms in total. The summed E-state index contributed by atoms with van der Waals surface area (Å²) in [5, 5.41) is 0.263. The molecule has 1 aromatic heterocycles. The second-order valence-corrected chi connectivity index (χ2v) is 4.99. The molecule has 22 heavy (non-hydrogen) atoms. The normalized spacial score (nSPS) is 12.3. The first kappa shape index (κ1) is 16.2. The number of hydrogen-bond acceptors (Lipinski definition) is 3. The lowest BCUT2D eigenvalue weighted by molar-refractivity contribution is 0.297. The van der Waals surface area contributed by atoms with Gasteiger partial charge in [-0.25, -0.2) is 13.6 Å². The third kappa shape index (κ3) is 3.53. The van der Waals surface area contributed by atoms with Crippen LogP contribution in [0.1, 0.15) is 25.5 Å². The fourth-order valence-corrected chi connectivity index (χ4v) is 2.16. The molecule has 2 rings (SSSR count). The Kier molecular flexibility index (Phi) is 5.31. The second-order valence-electron chi connectivity index (χ2n) is 4.99. The summed E-state index contributed by atoms with van der Waals surface area (Å²) in [6.45, 7) is 5.37. The molecule has 1 aromatic carbocycles. The van der Waals surface area contributed by atoms with Gasteiger partial charge in [0.05, 0.1) is 0 Å². The number of rotatable bonds is 7. The molecule has 0 aliphatic carbocycles. The summed E-state index contributed by atoms with van der Waals surface area (Å²) in [6.07, 6.45) is 1.53. The van der Waals surface area contributed by atoms with Crippen molar-refractivity contribution >= 4 is 10.8 Å². The van der Waals surface area contributed by atoms with E-state index in [1.54, 1.807) is 19.1 Å². The van der Waals surface area contributed by atoms with Crippen molar-refractivity contribution in [3.63, 3.8) is 0 Å². The maximum atomic E-state index is 14.3. The van der Waals surface area contributed by atoms with E-state index in [0.29, 0.717) is 24.0 Å². The number of halogens is 2. The van der Waals surface area contributed by atoms with Crippen molar-refractivity contribution in [2.45, 2.75) is 32.4 Å². The molecule has 0 bridgehead atoms. The average Bonchev–Trinajstić information content (AvgIpc) is 2.51. The van der Waals surface area contributed by atoms with E-state index in [0.717, 1.165) is 0 Å². The number of benzene rings is 1. The van der Waals surface area contributed by atoms with Crippen LogP contribution in [0.4, 0.5) is 8.78 Å². The fraction of sp³-hybridized carbons (Fsp3) is 0.353. The molecule has 0 radical (unpaired) electrons. The van der Waals surface area contributed by atoms with E-state index in [2.05, 4.69) is 6.58 Å². The molecule has 0 fully saturated rings. The largest absolute Gasteiger partial charge is 0.486 e. The van der Waals surface area contributed by atoms with Crippen LogP contribution in [0.25, 0.3) is 10.8 Å². The van der Waals surface area contributed by atoms with Gasteiger partial charge in [0.25, 0.3) is 0 Å². The zero-order valence-electron chi connectivity index (χ0n) is 12.4. The maximum absolute atomic E-state index is 14.3. The SMILES string of the molecule is C=CCOc1ccc2cc(CCC(F)CC)oc(=O)c2c1F. The zero-order chi connectivity index (χ0) is 16.1. The fourth-order valence-electron chi connectivity index (χ4n) is 2.16. The van der Waals surface area contributed by atoms with Crippen LogP contribution in [0.15, 0.2) is 40.1 Å². The Hall–Kier alpha value is -2.17. The van der Waals surface area contributed by atoms with Gasteiger partial charge in [-0.05, 0) is 30.4 Å². The van der Waals surface area contributed by atoms with Crippen LogP contribution in [0.2, 0.25) is 0 Å². The highest BCUT2D eigenvalue weighted by Gasteiger charge is 2.15. The van der Waals surface area contributed by atoms with Gasteiger partial charge in [0.1, 0.15) is 23.9 Å². The Balaban J connectivity index is 2.36. The number of fused-ring (bicyclic) bond motifs is 1. The maximum Gasteiger partial charge on any atom is 0.346 e. The van der Waals surface area contributed by atoms with Gasteiger partial charge >= 0.3 is 5.63 Å². The monoisotopic (exact) mass is 308 g/mol. The van der Waals surface area contributed by atoms with Crippen molar-refractivity contribution in [1.29, 1.82) is 0 Å². The predicted molar refractivity (Wildman–Crippen MR) is 81.6 cm³/mol. The highest BCUT2D eigenvalue weighted by Crippen LogP contribution is 2.25. The van der Waals surface area contributed by atoms with Gasteiger partial charge < -0.3 is 9.15 Å². The predicted octanol–water partition coefficient (Wildman–Crippen LogP) is 4.18. The molecular weight excluding hydrogens is 290 g/mol. The van der Waals surface area contributed by atoms with Crippen molar-refractivity contribution in [2.24, 2.45) is 0 Å². The van der Waals surface area contributed by atoms with Crippen LogP contribution in [-0.4, -0.2) is 12.8 Å². The van der Waals surface area contributed by atoms with Crippen molar-refractivity contribution in [3.8, 4) is 5.75 Å². The van der Waals surface area contributed by atoms with Crippen LogP contribution in [-0.2, 0) is 6.42 Å². The molecule has 0 amide bonds. The summed E-state index contributed by atoms with van der Waals surface area (Å²) < 4.78 is 37.8. The van der Waals surface area contributed by atoms with Gasteiger partial charge in [-0.3, -0.25) is 0 Å². The lowest BCUT2D eigenvalue weighted by Gasteiger charge is -2.08. The van der Waals surface area contributed by atoms with Crippen molar-refractivity contribution in [3.05, 3.63) is 52.9 Å². The molecule has 0 saturated heterocycles. The molecule has 118 valence electrons. The molecule has 0 aliphatic rings. The standard InChI is InChI=1S/C17H18F2O3/c1-3-9-21-14-8-5-11-10-13(7-6-12(18)4-2)22-17(20)15(11)16(14)19/h3,5,8,10,12H,1,4,6-7,9H2,2H3. The summed E-state index contributed by atoms with van der Waals surface area (Å²) >= 11 is 0. The molecule has 1 atom stereocenters. The number of ether oxygens (including phenoxy) is 1. The minimum absolute atomic E-state index is 0.0257. The van der Waals surface area contributed by atoms with Gasteiger partial charge in [-0.15, -0.1) is 0 Å². The van der Waals surface area contributed by atoms with Crippen molar-refractivity contribution < 1.29 is 17.9 Å². The topological polar surface area (TPSA) is 39.4 Å². The van der Waals surface area contributed by atoms with Crippen LogP contribution in [0.3, 0.4) is 0 Å². The molecule has 1 heterocycles. The van der Waals surface area contributed by atoms with Gasteiger partial charge in [-0.2, -0.15) is 0 Å². The Bertz CT molecular complexity index is 722. The minimum Gasteiger partial charge on any atom is -0.486 e. The van der Waals surface area contributed by atoms with E-state index >= 15 is 0 Å². The number of alkyl halides is 1. The Morgan fingerprint density at radius 1 is 1.45 bits per heavy atom. The van der Waals surface area contributed by atoms with Crippen LogP contribution in [0, 0.1) is 5.82 Å². The van der Waals surface area contributed by atoms with Crippen LogP contribution < -0.4 is 10.4 Å². The van der Waals surface area contributed by atoms with Gasteiger partial charge in [0.2, 0.25) is 0 Å². The average molecular weight is 308 g/mol. The molecule has 0 spiro atoms. The minimum atomic E-state index is -0.938. The lowest BCUT2D eigenvalue weighted by atomic mass is 10.1. The lowest BCUT2D eigenvalue weighted by Crippen LogP contribution is -2.08.